The first-order chi connectivity index (χ1) is 13.8. The second-order valence-corrected chi connectivity index (χ2v) is 6.59. The van der Waals surface area contributed by atoms with Gasteiger partial charge in [-0.15, -0.1) is 10.2 Å². The lowest BCUT2D eigenvalue weighted by Crippen LogP contribution is -2.53. The second kappa shape index (κ2) is 7.78. The van der Waals surface area contributed by atoms with E-state index in [-0.39, 0.29) is 25.2 Å². The van der Waals surface area contributed by atoms with Gasteiger partial charge >= 0.3 is 5.97 Å². The molecule has 11 heteroatoms. The van der Waals surface area contributed by atoms with E-state index in [9.17, 15) is 19.2 Å². The number of carbonyl (C=O) groups excluding carboxylic acids is 4. The summed E-state index contributed by atoms with van der Waals surface area (Å²) in [5.41, 5.74) is -1.00. The average molecular weight is 400 g/mol. The molecule has 0 aliphatic carbocycles. The van der Waals surface area contributed by atoms with Gasteiger partial charge < -0.3 is 10.1 Å². The minimum atomic E-state index is -1.69. The summed E-state index contributed by atoms with van der Waals surface area (Å²) in [6.07, 6.45) is 0.192. The van der Waals surface area contributed by atoms with Crippen molar-refractivity contribution in [2.24, 2.45) is 7.05 Å². The van der Waals surface area contributed by atoms with Crippen molar-refractivity contribution in [3.63, 3.8) is 0 Å². The maximum Gasteiger partial charge on any atom is 0.339 e. The van der Waals surface area contributed by atoms with E-state index in [2.05, 4.69) is 20.7 Å². The predicted molar refractivity (Wildman–Crippen MR) is 97.4 cm³/mol. The van der Waals surface area contributed by atoms with Crippen LogP contribution in [0.4, 0.5) is 0 Å². The van der Waals surface area contributed by atoms with Crippen molar-refractivity contribution in [2.75, 3.05) is 13.7 Å². The number of aryl methyl sites for hydroxylation is 1. The van der Waals surface area contributed by atoms with Gasteiger partial charge in [0.15, 0.2) is 0 Å². The molecule has 2 heterocycles. The molecular weight excluding hydrogens is 380 g/mol. The standard InChI is InChI=1S/C18H20N6O5/c1-11(25)19-18(17(28)29-3,16-20-22-23(2)21-16)9-6-10-24-14(26)12-7-4-5-8-13(12)15(24)27/h4-5,7-8H,6,9-10H2,1-3H3,(H,19,25)/t18-/m1/s1. The van der Waals surface area contributed by atoms with Crippen LogP contribution in [0.1, 0.15) is 46.3 Å². The molecule has 0 spiro atoms. The Labute approximate surface area is 166 Å². The Hall–Kier alpha value is -3.63. The number of hydrogen-bond donors (Lipinski definition) is 1. The zero-order chi connectivity index (χ0) is 21.2. The number of hydrogen-bond acceptors (Lipinski definition) is 8. The molecule has 1 aliphatic heterocycles. The lowest BCUT2D eigenvalue weighted by molar-refractivity contribution is -0.152. The minimum absolute atomic E-state index is 0.00164. The molecular formula is C18H20N6O5. The van der Waals surface area contributed by atoms with Gasteiger partial charge in [0.1, 0.15) is 0 Å². The van der Waals surface area contributed by atoms with Crippen LogP contribution in [0.25, 0.3) is 0 Å². The van der Waals surface area contributed by atoms with Gasteiger partial charge in [-0.1, -0.05) is 12.1 Å². The number of nitrogens with zero attached hydrogens (tertiary/aromatic N) is 5. The highest BCUT2D eigenvalue weighted by atomic mass is 16.5. The van der Waals surface area contributed by atoms with Crippen molar-refractivity contribution >= 4 is 23.7 Å². The molecule has 1 atom stereocenters. The highest BCUT2D eigenvalue weighted by Gasteiger charge is 2.47. The highest BCUT2D eigenvalue weighted by Crippen LogP contribution is 2.28. The lowest BCUT2D eigenvalue weighted by atomic mass is 9.92. The van der Waals surface area contributed by atoms with Crippen LogP contribution in [-0.2, 0) is 26.9 Å². The van der Waals surface area contributed by atoms with Crippen molar-refractivity contribution in [3.05, 3.63) is 41.2 Å². The first kappa shape index (κ1) is 20.1. The van der Waals surface area contributed by atoms with Crippen molar-refractivity contribution in [1.29, 1.82) is 0 Å². The predicted octanol–water partition coefficient (Wildman–Crippen LogP) is -0.209. The molecule has 11 nitrogen and oxygen atoms in total. The van der Waals surface area contributed by atoms with Crippen LogP contribution in [-0.4, -0.2) is 62.5 Å². The molecule has 1 aromatic carbocycles. The zero-order valence-electron chi connectivity index (χ0n) is 16.2. The molecule has 0 fully saturated rings. The van der Waals surface area contributed by atoms with Gasteiger partial charge in [0, 0.05) is 13.5 Å². The Morgan fingerprint density at radius 1 is 1.17 bits per heavy atom. The van der Waals surface area contributed by atoms with Crippen LogP contribution in [0.15, 0.2) is 24.3 Å². The summed E-state index contributed by atoms with van der Waals surface area (Å²) >= 11 is 0. The van der Waals surface area contributed by atoms with Gasteiger partial charge in [0.2, 0.25) is 17.3 Å². The van der Waals surface area contributed by atoms with Gasteiger partial charge in [-0.05, 0) is 30.2 Å². The topological polar surface area (TPSA) is 136 Å². The van der Waals surface area contributed by atoms with Gasteiger partial charge in [-0.3, -0.25) is 19.3 Å². The Balaban J connectivity index is 1.82. The molecule has 1 N–H and O–H groups in total. The molecule has 0 saturated heterocycles. The van der Waals surface area contributed by atoms with E-state index in [1.165, 1.54) is 21.1 Å². The number of rotatable bonds is 7. The Bertz CT molecular complexity index is 952. The summed E-state index contributed by atoms with van der Waals surface area (Å²) in [7, 11) is 2.70. The lowest BCUT2D eigenvalue weighted by Gasteiger charge is -2.29. The molecule has 0 saturated carbocycles. The van der Waals surface area contributed by atoms with E-state index in [1.54, 1.807) is 24.3 Å². The van der Waals surface area contributed by atoms with Crippen LogP contribution in [0.3, 0.4) is 0 Å². The Morgan fingerprint density at radius 2 is 1.79 bits per heavy atom. The first-order valence-electron chi connectivity index (χ1n) is 8.87. The van der Waals surface area contributed by atoms with Gasteiger partial charge in [-0.2, -0.15) is 4.80 Å². The quantitative estimate of drug-likeness (QED) is 0.498. The van der Waals surface area contributed by atoms with Crippen molar-refractivity contribution in [1.82, 2.24) is 30.4 Å². The number of fused-ring (bicyclic) bond motifs is 1. The summed E-state index contributed by atoms with van der Waals surface area (Å²) in [6, 6.07) is 6.56. The van der Waals surface area contributed by atoms with Gasteiger partial charge in [0.25, 0.3) is 11.8 Å². The normalized spacial score (nSPS) is 15.1. The maximum absolute atomic E-state index is 12.6. The molecule has 152 valence electrons. The third-order valence-corrected chi connectivity index (χ3v) is 4.63. The van der Waals surface area contributed by atoms with Crippen LogP contribution in [0.5, 0.6) is 0 Å². The summed E-state index contributed by atoms with van der Waals surface area (Å²) in [4.78, 5) is 51.7. The van der Waals surface area contributed by atoms with E-state index in [1.807, 2.05) is 0 Å². The van der Waals surface area contributed by atoms with Crippen molar-refractivity contribution < 1.29 is 23.9 Å². The number of benzene rings is 1. The largest absolute Gasteiger partial charge is 0.467 e. The molecule has 0 radical (unpaired) electrons. The fourth-order valence-electron chi connectivity index (χ4n) is 3.35. The van der Waals surface area contributed by atoms with Gasteiger partial charge in [-0.25, -0.2) is 4.79 Å². The number of nitrogens with one attached hydrogen (secondary N) is 1. The SMILES string of the molecule is COC(=O)[C@](CCCN1C(=O)c2ccccc2C1=O)(NC(C)=O)c1nnn(C)n1. The first-order valence-corrected chi connectivity index (χ1v) is 8.87. The third kappa shape index (κ3) is 3.58. The summed E-state index contributed by atoms with van der Waals surface area (Å²) < 4.78 is 4.88. The molecule has 0 unspecified atom stereocenters. The molecule has 29 heavy (non-hydrogen) atoms. The number of esters is 1. The Kier molecular flexibility index (Phi) is 5.39. The molecule has 3 amide bonds. The zero-order valence-corrected chi connectivity index (χ0v) is 16.2. The fourth-order valence-corrected chi connectivity index (χ4v) is 3.35. The number of ether oxygens (including phenoxy) is 1. The molecule has 1 aliphatic rings. The minimum Gasteiger partial charge on any atom is -0.467 e. The fraction of sp³-hybridized carbons (Fsp3) is 0.389. The van der Waals surface area contributed by atoms with Crippen molar-refractivity contribution in [2.45, 2.75) is 25.3 Å². The van der Waals surface area contributed by atoms with E-state index in [4.69, 9.17) is 4.74 Å². The summed E-state index contributed by atoms with van der Waals surface area (Å²) in [5.74, 6) is -2.10. The highest BCUT2D eigenvalue weighted by molar-refractivity contribution is 6.21. The van der Waals surface area contributed by atoms with Gasteiger partial charge in [0.05, 0.1) is 25.3 Å². The molecule has 1 aromatic heterocycles. The second-order valence-electron chi connectivity index (χ2n) is 6.59. The number of carbonyl (C=O) groups is 4. The molecule has 3 rings (SSSR count). The third-order valence-electron chi connectivity index (χ3n) is 4.63. The smallest absolute Gasteiger partial charge is 0.339 e. The summed E-state index contributed by atoms with van der Waals surface area (Å²) in [5, 5.41) is 14.2. The number of methoxy groups -OCH3 is 1. The van der Waals surface area contributed by atoms with Crippen LogP contribution in [0.2, 0.25) is 0 Å². The Morgan fingerprint density at radius 3 is 2.28 bits per heavy atom. The summed E-state index contributed by atoms with van der Waals surface area (Å²) in [6.45, 7) is 1.29. The van der Waals surface area contributed by atoms with E-state index in [0.29, 0.717) is 11.1 Å². The van der Waals surface area contributed by atoms with Crippen molar-refractivity contribution in [3.8, 4) is 0 Å². The van der Waals surface area contributed by atoms with E-state index < -0.39 is 29.2 Å². The molecule has 2 aromatic rings. The van der Waals surface area contributed by atoms with Crippen LogP contribution < -0.4 is 5.32 Å². The number of tetrazole rings is 1. The molecule has 0 bridgehead atoms. The number of imide groups is 1. The monoisotopic (exact) mass is 400 g/mol. The van der Waals surface area contributed by atoms with E-state index >= 15 is 0 Å². The average Bonchev–Trinajstić information content (AvgIpc) is 3.24. The maximum atomic E-state index is 12.6. The van der Waals surface area contributed by atoms with Crippen LogP contribution in [0, 0.1) is 0 Å². The van der Waals surface area contributed by atoms with Crippen LogP contribution >= 0.6 is 0 Å². The van der Waals surface area contributed by atoms with E-state index in [0.717, 1.165) is 9.70 Å². The number of amides is 3. The number of aromatic nitrogens is 4.